The zero-order valence-corrected chi connectivity index (χ0v) is 17.2. The van der Waals surface area contributed by atoms with Crippen LogP contribution >= 0.6 is 0 Å². The van der Waals surface area contributed by atoms with Crippen LogP contribution in [0.5, 0.6) is 0 Å². The van der Waals surface area contributed by atoms with Crippen LogP contribution in [0, 0.1) is 0 Å². The van der Waals surface area contributed by atoms with Crippen molar-refractivity contribution in [2.75, 3.05) is 24.2 Å². The van der Waals surface area contributed by atoms with Gasteiger partial charge in [-0.2, -0.15) is 23.0 Å². The van der Waals surface area contributed by atoms with Crippen LogP contribution in [0.1, 0.15) is 29.9 Å². The highest BCUT2D eigenvalue weighted by atomic mass is 32.2. The van der Waals surface area contributed by atoms with Gasteiger partial charge in [0.1, 0.15) is 11.4 Å². The fourth-order valence-electron chi connectivity index (χ4n) is 3.35. The molecule has 2 aromatic rings. The van der Waals surface area contributed by atoms with Crippen LogP contribution in [-0.4, -0.2) is 60.6 Å². The first-order valence-electron chi connectivity index (χ1n) is 8.86. The molecule has 2 N–H and O–H groups in total. The first-order valence-corrected chi connectivity index (χ1v) is 10.7. The molecule has 0 radical (unpaired) electrons. The summed E-state index contributed by atoms with van der Waals surface area (Å²) in [4.78, 5) is 17.4. The number of carbonyl (C=O) groups excluding carboxylic acids is 1. The van der Waals surface area contributed by atoms with Crippen molar-refractivity contribution in [3.63, 3.8) is 0 Å². The Morgan fingerprint density at radius 2 is 1.83 bits per heavy atom. The van der Waals surface area contributed by atoms with E-state index in [1.54, 1.807) is 13.8 Å². The van der Waals surface area contributed by atoms with Crippen LogP contribution in [-0.2, 0) is 20.8 Å². The molecule has 1 aliphatic rings. The van der Waals surface area contributed by atoms with Gasteiger partial charge in [-0.3, -0.25) is 4.79 Å². The summed E-state index contributed by atoms with van der Waals surface area (Å²) in [7, 11) is -3.56. The molecule has 1 fully saturated rings. The molecule has 1 saturated heterocycles. The first-order chi connectivity index (χ1) is 13.8. The van der Waals surface area contributed by atoms with E-state index in [2.05, 4.69) is 10.1 Å². The number of primary amides is 1. The zero-order valence-electron chi connectivity index (χ0n) is 16.3. The van der Waals surface area contributed by atoms with Gasteiger partial charge in [0, 0.05) is 25.5 Å². The predicted octanol–water partition coefficient (Wildman–Crippen LogP) is 1.40. The van der Waals surface area contributed by atoms with Gasteiger partial charge in [0.15, 0.2) is 21.3 Å². The summed E-state index contributed by atoms with van der Waals surface area (Å²) < 4.78 is 70.7. The number of ether oxygens (including phenoxy) is 1. The van der Waals surface area contributed by atoms with Gasteiger partial charge in [0.2, 0.25) is 0 Å². The van der Waals surface area contributed by atoms with E-state index in [1.807, 2.05) is 0 Å². The second kappa shape index (κ2) is 7.54. The van der Waals surface area contributed by atoms with Gasteiger partial charge in [0.25, 0.3) is 5.91 Å². The van der Waals surface area contributed by atoms with Gasteiger partial charge >= 0.3 is 6.18 Å². The molecular formula is C17H20F3N5O4S. The maximum Gasteiger partial charge on any atom is 0.436 e. The molecular weight excluding hydrogens is 427 g/mol. The lowest BCUT2D eigenvalue weighted by Gasteiger charge is -2.37. The summed E-state index contributed by atoms with van der Waals surface area (Å²) in [6.45, 7) is 3.87. The molecule has 9 nitrogen and oxygen atoms in total. The second-order valence-corrected chi connectivity index (χ2v) is 9.12. The van der Waals surface area contributed by atoms with Crippen molar-refractivity contribution in [2.24, 2.45) is 5.73 Å². The lowest BCUT2D eigenvalue weighted by atomic mass is 10.1. The van der Waals surface area contributed by atoms with Gasteiger partial charge in [-0.1, -0.05) is 0 Å². The molecule has 0 spiro atoms. The summed E-state index contributed by atoms with van der Waals surface area (Å²) in [6.07, 6.45) is -3.61. The number of hydrogen-bond donors (Lipinski definition) is 1. The molecule has 164 valence electrons. The van der Waals surface area contributed by atoms with E-state index in [0.29, 0.717) is 0 Å². The lowest BCUT2D eigenvalue weighted by Crippen LogP contribution is -2.47. The molecule has 1 aliphatic heterocycles. The predicted molar refractivity (Wildman–Crippen MR) is 100 cm³/mol. The molecule has 13 heteroatoms. The van der Waals surface area contributed by atoms with Crippen LogP contribution in [0.4, 0.5) is 19.0 Å². The van der Waals surface area contributed by atoms with Gasteiger partial charge in [-0.15, -0.1) is 0 Å². The van der Waals surface area contributed by atoms with E-state index in [1.165, 1.54) is 17.0 Å². The van der Waals surface area contributed by atoms with Crippen LogP contribution < -0.4 is 10.6 Å². The Morgan fingerprint density at radius 1 is 1.23 bits per heavy atom. The maximum atomic E-state index is 13.6. The number of aromatic nitrogens is 3. The molecule has 2 aromatic heterocycles. The Bertz CT molecular complexity index is 1060. The smallest absolute Gasteiger partial charge is 0.372 e. The van der Waals surface area contributed by atoms with E-state index in [4.69, 9.17) is 10.5 Å². The molecule has 30 heavy (non-hydrogen) atoms. The molecule has 2 atom stereocenters. The minimum atomic E-state index is -4.94. The van der Waals surface area contributed by atoms with E-state index < -0.39 is 33.2 Å². The Morgan fingerprint density at radius 3 is 2.27 bits per heavy atom. The largest absolute Gasteiger partial charge is 0.436 e. The molecule has 0 aromatic carbocycles. The lowest BCUT2D eigenvalue weighted by molar-refractivity contribution is -0.141. The van der Waals surface area contributed by atoms with Crippen molar-refractivity contribution < 1.29 is 31.1 Å². The normalized spacial score (nSPS) is 20.4. The highest BCUT2D eigenvalue weighted by molar-refractivity contribution is 7.90. The van der Waals surface area contributed by atoms with Gasteiger partial charge in [-0.05, 0) is 26.0 Å². The highest BCUT2D eigenvalue weighted by Gasteiger charge is 2.43. The third kappa shape index (κ3) is 4.26. The van der Waals surface area contributed by atoms with Crippen LogP contribution in [0.25, 0.3) is 5.82 Å². The number of pyridine rings is 1. The zero-order chi connectivity index (χ0) is 22.4. The first kappa shape index (κ1) is 22.0. The fraction of sp³-hybridized carbons (Fsp3) is 0.471. The average molecular weight is 447 g/mol. The fourth-order valence-corrected chi connectivity index (χ4v) is 3.91. The Hall–Kier alpha value is -2.67. The van der Waals surface area contributed by atoms with Crippen molar-refractivity contribution in [1.29, 1.82) is 0 Å². The van der Waals surface area contributed by atoms with Crippen LogP contribution in [0.15, 0.2) is 23.2 Å². The maximum absolute atomic E-state index is 13.6. The summed E-state index contributed by atoms with van der Waals surface area (Å²) in [6, 6.07) is 2.41. The quantitative estimate of drug-likeness (QED) is 0.752. The Kier molecular flexibility index (Phi) is 5.54. The molecule has 0 bridgehead atoms. The summed E-state index contributed by atoms with van der Waals surface area (Å²) in [5, 5.41) is 3.59. The van der Waals surface area contributed by atoms with Crippen LogP contribution in [0.2, 0.25) is 0 Å². The van der Waals surface area contributed by atoms with Crippen molar-refractivity contribution in [3.8, 4) is 5.82 Å². The van der Waals surface area contributed by atoms with E-state index in [-0.39, 0.29) is 41.8 Å². The number of alkyl halides is 3. The number of rotatable bonds is 4. The van der Waals surface area contributed by atoms with Crippen LogP contribution in [0.3, 0.4) is 0 Å². The molecule has 3 rings (SSSR count). The Labute approximate surface area is 170 Å². The van der Waals surface area contributed by atoms with Gasteiger partial charge in [0.05, 0.1) is 17.1 Å². The van der Waals surface area contributed by atoms with Gasteiger partial charge < -0.3 is 15.4 Å². The highest BCUT2D eigenvalue weighted by Crippen LogP contribution is 2.37. The monoisotopic (exact) mass is 447 g/mol. The number of halogens is 3. The number of morpholine rings is 1. The van der Waals surface area contributed by atoms with Crippen molar-refractivity contribution in [3.05, 3.63) is 29.6 Å². The number of amides is 1. The Balaban J connectivity index is 2.25. The molecule has 0 unspecified atom stereocenters. The number of sulfone groups is 1. The number of anilines is 1. The molecule has 1 amide bonds. The average Bonchev–Trinajstić information content (AvgIpc) is 3.01. The topological polar surface area (TPSA) is 120 Å². The second-order valence-electron chi connectivity index (χ2n) is 7.11. The third-order valence-corrected chi connectivity index (χ3v) is 5.56. The standard InChI is InChI=1S/C17H20F3N5O4S/c1-9-7-24(8-10(2)29-9)16-13(15(21)26)14(17(18,19)20)23-25(16)12-5-4-11(6-22-12)30(3,27)28/h4-6,9-10H,7-8H2,1-3H3,(H2,21,26)/t9-,10+. The number of carbonyl (C=O) groups is 1. The molecule has 3 heterocycles. The van der Waals surface area contributed by atoms with E-state index in [9.17, 15) is 26.4 Å². The number of hydrogen-bond acceptors (Lipinski definition) is 7. The number of nitrogens with two attached hydrogens (primary N) is 1. The van der Waals surface area contributed by atoms with Crippen molar-refractivity contribution >= 4 is 21.6 Å². The number of nitrogens with zero attached hydrogens (tertiary/aromatic N) is 4. The van der Waals surface area contributed by atoms with Gasteiger partial charge in [-0.25, -0.2) is 13.4 Å². The minimum absolute atomic E-state index is 0.0952. The SMILES string of the molecule is C[C@@H]1CN(c2c(C(N)=O)c(C(F)(F)F)nn2-c2ccc(S(C)(=O)=O)cn2)C[C@H](C)O1. The molecule has 0 saturated carbocycles. The summed E-state index contributed by atoms with van der Waals surface area (Å²) >= 11 is 0. The van der Waals surface area contributed by atoms with E-state index in [0.717, 1.165) is 17.1 Å². The van der Waals surface area contributed by atoms with Crippen molar-refractivity contribution in [1.82, 2.24) is 14.8 Å². The molecule has 0 aliphatic carbocycles. The van der Waals surface area contributed by atoms with Crippen molar-refractivity contribution in [2.45, 2.75) is 37.1 Å². The minimum Gasteiger partial charge on any atom is -0.372 e. The summed E-state index contributed by atoms with van der Waals surface area (Å²) in [5.74, 6) is -1.55. The van der Waals surface area contributed by atoms with E-state index >= 15 is 0 Å². The summed E-state index contributed by atoms with van der Waals surface area (Å²) in [5.41, 5.74) is 3.09. The third-order valence-electron chi connectivity index (χ3n) is 4.46.